The van der Waals surface area contributed by atoms with Crippen LogP contribution >= 0.6 is 0 Å². The second-order valence-electron chi connectivity index (χ2n) is 6.77. The van der Waals surface area contributed by atoms with Gasteiger partial charge in [-0.25, -0.2) is 8.42 Å². The largest absolute Gasteiger partial charge is 0.489 e. The van der Waals surface area contributed by atoms with Crippen LogP contribution in [-0.4, -0.2) is 41.1 Å². The zero-order valence-electron chi connectivity index (χ0n) is 14.3. The van der Waals surface area contributed by atoms with Gasteiger partial charge in [0.05, 0.1) is 6.20 Å². The van der Waals surface area contributed by atoms with Crippen LogP contribution in [0.5, 0.6) is 5.75 Å². The van der Waals surface area contributed by atoms with Gasteiger partial charge in [-0.1, -0.05) is 5.16 Å². The fourth-order valence-corrected chi connectivity index (χ4v) is 6.32. The number of hydrogen-bond acceptors (Lipinski definition) is 6. The average Bonchev–Trinajstić information content (AvgIpc) is 3.06. The van der Waals surface area contributed by atoms with E-state index in [4.69, 9.17) is 9.26 Å². The fraction of sp³-hybridized carbons (Fsp3) is 0.529. The second-order valence-corrected chi connectivity index (χ2v) is 8.55. The number of aromatic nitrogens is 2. The number of hydrogen-bond donors (Lipinski definition) is 0. The molecule has 0 aromatic carbocycles. The summed E-state index contributed by atoms with van der Waals surface area (Å²) < 4.78 is 39.1. The highest BCUT2D eigenvalue weighted by Gasteiger charge is 2.49. The van der Waals surface area contributed by atoms with Crippen molar-refractivity contribution in [1.82, 2.24) is 14.4 Å². The van der Waals surface area contributed by atoms with E-state index in [0.717, 1.165) is 18.6 Å². The van der Waals surface area contributed by atoms with E-state index in [0.29, 0.717) is 24.3 Å². The van der Waals surface area contributed by atoms with E-state index in [1.807, 2.05) is 12.1 Å². The van der Waals surface area contributed by atoms with Crippen LogP contribution in [0.1, 0.15) is 37.1 Å². The van der Waals surface area contributed by atoms with Crippen molar-refractivity contribution in [2.75, 3.05) is 0 Å². The molecule has 2 atom stereocenters. The first-order valence-electron chi connectivity index (χ1n) is 8.50. The number of ether oxygens (including phenoxy) is 1. The molecule has 2 aliphatic rings. The van der Waals surface area contributed by atoms with Gasteiger partial charge in [0, 0.05) is 31.1 Å². The fourth-order valence-electron chi connectivity index (χ4n) is 4.13. The maximum absolute atomic E-state index is 13.2. The average molecular weight is 363 g/mol. The summed E-state index contributed by atoms with van der Waals surface area (Å²) in [6.45, 7) is 3.32. The molecule has 2 fully saturated rings. The number of nitrogens with zero attached hydrogens (tertiary/aromatic N) is 3. The molecule has 7 nitrogen and oxygen atoms in total. The normalized spacial score (nSPS) is 26.7. The van der Waals surface area contributed by atoms with Gasteiger partial charge in [-0.2, -0.15) is 4.31 Å². The summed E-state index contributed by atoms with van der Waals surface area (Å²) in [6, 6.07) is 3.63. The quantitative estimate of drug-likeness (QED) is 0.829. The van der Waals surface area contributed by atoms with Gasteiger partial charge in [0.25, 0.3) is 0 Å². The van der Waals surface area contributed by atoms with Crippen LogP contribution in [0, 0.1) is 13.8 Å². The van der Waals surface area contributed by atoms with Crippen molar-refractivity contribution in [3.8, 4) is 5.75 Å². The number of fused-ring (bicyclic) bond motifs is 2. The van der Waals surface area contributed by atoms with Gasteiger partial charge in [0.1, 0.15) is 22.4 Å². The van der Waals surface area contributed by atoms with E-state index in [2.05, 4.69) is 10.1 Å². The van der Waals surface area contributed by atoms with Gasteiger partial charge in [0.15, 0.2) is 5.76 Å². The summed E-state index contributed by atoms with van der Waals surface area (Å²) in [5, 5.41) is 3.81. The molecule has 0 N–H and O–H groups in total. The van der Waals surface area contributed by atoms with Crippen molar-refractivity contribution in [3.05, 3.63) is 36.0 Å². The summed E-state index contributed by atoms with van der Waals surface area (Å²) >= 11 is 0. The lowest BCUT2D eigenvalue weighted by molar-refractivity contribution is 0.0953. The van der Waals surface area contributed by atoms with Gasteiger partial charge in [-0.15, -0.1) is 0 Å². The lowest BCUT2D eigenvalue weighted by Crippen LogP contribution is -2.49. The smallest absolute Gasteiger partial charge is 0.248 e. The van der Waals surface area contributed by atoms with Crippen molar-refractivity contribution in [2.24, 2.45) is 0 Å². The highest BCUT2D eigenvalue weighted by Crippen LogP contribution is 2.41. The van der Waals surface area contributed by atoms with Crippen LogP contribution in [0.15, 0.2) is 33.9 Å². The molecule has 0 amide bonds. The molecule has 8 heteroatoms. The Morgan fingerprint density at radius 1 is 1.24 bits per heavy atom. The Kier molecular flexibility index (Phi) is 4.04. The lowest BCUT2D eigenvalue weighted by Gasteiger charge is -2.37. The second kappa shape index (κ2) is 6.10. The van der Waals surface area contributed by atoms with E-state index in [1.165, 1.54) is 0 Å². The molecule has 0 aliphatic carbocycles. The van der Waals surface area contributed by atoms with E-state index in [1.54, 1.807) is 30.5 Å². The van der Waals surface area contributed by atoms with Crippen LogP contribution in [0.2, 0.25) is 0 Å². The zero-order valence-corrected chi connectivity index (χ0v) is 15.1. The summed E-state index contributed by atoms with van der Waals surface area (Å²) in [5.74, 6) is 1.08. The summed E-state index contributed by atoms with van der Waals surface area (Å²) in [4.78, 5) is 4.28. The third-order valence-electron chi connectivity index (χ3n) is 5.06. The van der Waals surface area contributed by atoms with Crippen molar-refractivity contribution in [1.29, 1.82) is 0 Å². The van der Waals surface area contributed by atoms with Crippen molar-refractivity contribution in [3.63, 3.8) is 0 Å². The minimum Gasteiger partial charge on any atom is -0.489 e. The summed E-state index contributed by atoms with van der Waals surface area (Å²) in [6.07, 6.45) is 6.50. The predicted octanol–water partition coefficient (Wildman–Crippen LogP) is 2.45. The van der Waals surface area contributed by atoms with E-state index in [-0.39, 0.29) is 23.1 Å². The van der Waals surface area contributed by atoms with Crippen LogP contribution in [0.25, 0.3) is 0 Å². The molecule has 2 bridgehead atoms. The van der Waals surface area contributed by atoms with Gasteiger partial charge >= 0.3 is 0 Å². The first-order chi connectivity index (χ1) is 12.0. The highest BCUT2D eigenvalue weighted by molar-refractivity contribution is 7.89. The summed E-state index contributed by atoms with van der Waals surface area (Å²) in [7, 11) is -3.60. The molecule has 2 aromatic heterocycles. The van der Waals surface area contributed by atoms with E-state index < -0.39 is 10.0 Å². The molecule has 2 saturated heterocycles. The number of sulfonamides is 1. The van der Waals surface area contributed by atoms with Crippen LogP contribution in [-0.2, 0) is 10.0 Å². The Morgan fingerprint density at radius 3 is 2.52 bits per heavy atom. The van der Waals surface area contributed by atoms with E-state index >= 15 is 0 Å². The molecule has 2 aliphatic heterocycles. The van der Waals surface area contributed by atoms with Crippen LogP contribution in [0.4, 0.5) is 0 Å². The highest BCUT2D eigenvalue weighted by atomic mass is 32.2. The number of rotatable bonds is 4. The molecule has 0 radical (unpaired) electrons. The molecule has 134 valence electrons. The molecule has 2 aromatic rings. The molecular weight excluding hydrogens is 342 g/mol. The first kappa shape index (κ1) is 16.5. The third kappa shape index (κ3) is 2.83. The molecular formula is C17H21N3O4S. The predicted molar refractivity (Wildman–Crippen MR) is 89.7 cm³/mol. The Bertz CT molecular complexity index is 832. The maximum Gasteiger partial charge on any atom is 0.248 e. The minimum absolute atomic E-state index is 0.0119. The molecule has 4 rings (SSSR count). The third-order valence-corrected chi connectivity index (χ3v) is 7.31. The first-order valence-corrected chi connectivity index (χ1v) is 9.94. The van der Waals surface area contributed by atoms with Gasteiger partial charge in [-0.3, -0.25) is 4.98 Å². The minimum atomic E-state index is -3.60. The number of aryl methyl sites for hydroxylation is 2. The SMILES string of the molecule is Cc1noc(C)c1S(=O)(=O)N1C2CCC1CC(Oc1cccnc1)C2. The number of pyridine rings is 1. The molecule has 0 spiro atoms. The molecule has 25 heavy (non-hydrogen) atoms. The van der Waals surface area contributed by atoms with Crippen molar-refractivity contribution >= 4 is 10.0 Å². The Balaban J connectivity index is 1.57. The monoisotopic (exact) mass is 363 g/mol. The van der Waals surface area contributed by atoms with Gasteiger partial charge in [-0.05, 0) is 38.8 Å². The lowest BCUT2D eigenvalue weighted by atomic mass is 10.0. The van der Waals surface area contributed by atoms with Crippen LogP contribution in [0.3, 0.4) is 0 Å². The maximum atomic E-state index is 13.2. The molecule has 0 saturated carbocycles. The van der Waals surface area contributed by atoms with E-state index in [9.17, 15) is 8.42 Å². The topological polar surface area (TPSA) is 85.5 Å². The Morgan fingerprint density at radius 2 is 1.96 bits per heavy atom. The van der Waals surface area contributed by atoms with Gasteiger partial charge < -0.3 is 9.26 Å². The summed E-state index contributed by atoms with van der Waals surface area (Å²) in [5.41, 5.74) is 0.422. The Labute approximate surface area is 147 Å². The van der Waals surface area contributed by atoms with Gasteiger partial charge in [0.2, 0.25) is 10.0 Å². The standard InChI is InChI=1S/C17H21N3O4S/c1-11-17(12(2)24-19-11)25(21,22)20-13-5-6-14(20)9-16(8-13)23-15-4-3-7-18-10-15/h3-4,7,10,13-14,16H,5-6,8-9H2,1-2H3. The number of piperidine rings is 1. The van der Waals surface area contributed by atoms with Crippen molar-refractivity contribution < 1.29 is 17.7 Å². The molecule has 4 heterocycles. The molecule has 2 unspecified atom stereocenters. The zero-order chi connectivity index (χ0) is 17.6. The van der Waals surface area contributed by atoms with Crippen LogP contribution < -0.4 is 4.74 Å². The Hall–Kier alpha value is -1.93. The van der Waals surface area contributed by atoms with Crippen molar-refractivity contribution in [2.45, 2.75) is 62.6 Å².